The SMILES string of the molecule is CCOCC1(C(=O)OC)C=CC(NC(=O)OC(C)(C)C)C1. The molecule has 0 fully saturated rings. The normalized spacial score (nSPS) is 24.7. The van der Waals surface area contributed by atoms with Gasteiger partial charge in [0.2, 0.25) is 0 Å². The zero-order chi connectivity index (χ0) is 16.1. The van der Waals surface area contributed by atoms with Gasteiger partial charge in [-0.1, -0.05) is 12.2 Å². The summed E-state index contributed by atoms with van der Waals surface area (Å²) in [6.07, 6.45) is 3.42. The third kappa shape index (κ3) is 5.04. The predicted molar refractivity (Wildman–Crippen MR) is 77.9 cm³/mol. The summed E-state index contributed by atoms with van der Waals surface area (Å²) in [5.41, 5.74) is -1.40. The molecule has 1 aliphatic rings. The molecule has 0 aromatic heterocycles. The van der Waals surface area contributed by atoms with E-state index in [9.17, 15) is 9.59 Å². The van der Waals surface area contributed by atoms with E-state index in [1.165, 1.54) is 7.11 Å². The smallest absolute Gasteiger partial charge is 0.408 e. The first-order chi connectivity index (χ1) is 9.72. The Balaban J connectivity index is 2.65. The largest absolute Gasteiger partial charge is 0.468 e. The van der Waals surface area contributed by atoms with Gasteiger partial charge in [-0.2, -0.15) is 0 Å². The van der Waals surface area contributed by atoms with Crippen molar-refractivity contribution in [2.45, 2.75) is 45.8 Å². The number of ether oxygens (including phenoxy) is 3. The Labute approximate surface area is 125 Å². The summed E-state index contributed by atoms with van der Waals surface area (Å²) in [4.78, 5) is 23.8. The average molecular weight is 299 g/mol. The molecule has 0 aromatic rings. The fourth-order valence-electron chi connectivity index (χ4n) is 2.19. The number of carbonyl (C=O) groups is 2. The van der Waals surface area contributed by atoms with Crippen molar-refractivity contribution in [3.8, 4) is 0 Å². The van der Waals surface area contributed by atoms with Gasteiger partial charge in [-0.15, -0.1) is 0 Å². The summed E-state index contributed by atoms with van der Waals surface area (Å²) in [5, 5.41) is 2.73. The van der Waals surface area contributed by atoms with Gasteiger partial charge >= 0.3 is 12.1 Å². The number of alkyl carbamates (subject to hydrolysis) is 1. The number of amides is 1. The molecule has 0 saturated carbocycles. The van der Waals surface area contributed by atoms with Gasteiger partial charge in [-0.25, -0.2) is 4.79 Å². The number of hydrogen-bond donors (Lipinski definition) is 1. The van der Waals surface area contributed by atoms with E-state index in [4.69, 9.17) is 14.2 Å². The minimum atomic E-state index is -0.843. The highest BCUT2D eigenvalue weighted by Crippen LogP contribution is 2.34. The van der Waals surface area contributed by atoms with Gasteiger partial charge in [-0.3, -0.25) is 4.79 Å². The van der Waals surface area contributed by atoms with Crippen LogP contribution < -0.4 is 5.32 Å². The van der Waals surface area contributed by atoms with Crippen LogP contribution >= 0.6 is 0 Å². The van der Waals surface area contributed by atoms with Crippen LogP contribution in [0.1, 0.15) is 34.1 Å². The minimum absolute atomic E-state index is 0.235. The lowest BCUT2D eigenvalue weighted by Crippen LogP contribution is -2.41. The molecule has 6 heteroatoms. The maximum absolute atomic E-state index is 12.0. The van der Waals surface area contributed by atoms with Crippen molar-refractivity contribution >= 4 is 12.1 Å². The molecule has 0 heterocycles. The highest BCUT2D eigenvalue weighted by atomic mass is 16.6. The maximum atomic E-state index is 12.0. The Kier molecular flexibility index (Phi) is 5.78. The molecule has 6 nitrogen and oxygen atoms in total. The fourth-order valence-corrected chi connectivity index (χ4v) is 2.19. The van der Waals surface area contributed by atoms with E-state index in [0.717, 1.165) is 0 Å². The lowest BCUT2D eigenvalue weighted by atomic mass is 9.88. The van der Waals surface area contributed by atoms with E-state index in [2.05, 4.69) is 5.32 Å². The zero-order valence-electron chi connectivity index (χ0n) is 13.4. The molecule has 120 valence electrons. The molecule has 1 N–H and O–H groups in total. The monoisotopic (exact) mass is 299 g/mol. The first-order valence-electron chi connectivity index (χ1n) is 7.07. The Morgan fingerprint density at radius 2 is 2.05 bits per heavy atom. The van der Waals surface area contributed by atoms with Gasteiger partial charge in [0.25, 0.3) is 0 Å². The fraction of sp³-hybridized carbons (Fsp3) is 0.733. The second-order valence-electron chi connectivity index (χ2n) is 6.10. The van der Waals surface area contributed by atoms with E-state index < -0.39 is 17.1 Å². The highest BCUT2D eigenvalue weighted by molar-refractivity contribution is 5.80. The van der Waals surface area contributed by atoms with Crippen molar-refractivity contribution in [3.05, 3.63) is 12.2 Å². The Morgan fingerprint density at radius 3 is 2.57 bits per heavy atom. The molecule has 2 atom stereocenters. The standard InChI is InChI=1S/C15H25NO5/c1-6-20-10-15(12(17)19-5)8-7-11(9-15)16-13(18)21-14(2,3)4/h7-8,11H,6,9-10H2,1-5H3,(H,16,18). The molecule has 1 rings (SSSR count). The Morgan fingerprint density at radius 1 is 1.38 bits per heavy atom. The Hall–Kier alpha value is -1.56. The molecule has 0 aromatic carbocycles. The number of methoxy groups -OCH3 is 1. The second kappa shape index (κ2) is 6.93. The number of esters is 1. The second-order valence-corrected chi connectivity index (χ2v) is 6.10. The van der Waals surface area contributed by atoms with Crippen molar-refractivity contribution < 1.29 is 23.8 Å². The molecule has 0 saturated heterocycles. The molecule has 0 aliphatic heterocycles. The molecular formula is C15H25NO5. The van der Waals surface area contributed by atoms with Gasteiger partial charge in [0.15, 0.2) is 0 Å². The summed E-state index contributed by atoms with van der Waals surface area (Å²) >= 11 is 0. The van der Waals surface area contributed by atoms with Crippen molar-refractivity contribution in [2.24, 2.45) is 5.41 Å². The third-order valence-electron chi connectivity index (χ3n) is 3.09. The van der Waals surface area contributed by atoms with Gasteiger partial charge in [-0.05, 0) is 34.1 Å². The van der Waals surface area contributed by atoms with Crippen LogP contribution in [-0.2, 0) is 19.0 Å². The summed E-state index contributed by atoms with van der Waals surface area (Å²) in [5.74, 6) is -0.360. The molecule has 1 aliphatic carbocycles. The van der Waals surface area contributed by atoms with Crippen LogP contribution in [0.4, 0.5) is 4.79 Å². The topological polar surface area (TPSA) is 73.9 Å². The Bertz CT molecular complexity index is 413. The summed E-state index contributed by atoms with van der Waals surface area (Å²) < 4.78 is 15.4. The molecule has 0 bridgehead atoms. The predicted octanol–water partition coefficient (Wildman–Crippen LogP) is 2.04. The first kappa shape index (κ1) is 17.5. The number of nitrogens with one attached hydrogen (secondary N) is 1. The van der Waals surface area contributed by atoms with E-state index in [1.54, 1.807) is 32.9 Å². The highest BCUT2D eigenvalue weighted by Gasteiger charge is 2.43. The van der Waals surface area contributed by atoms with Gasteiger partial charge in [0.1, 0.15) is 11.0 Å². The van der Waals surface area contributed by atoms with Crippen LogP contribution in [0.5, 0.6) is 0 Å². The molecule has 0 spiro atoms. The van der Waals surface area contributed by atoms with E-state index in [-0.39, 0.29) is 18.6 Å². The summed E-state index contributed by atoms with van der Waals surface area (Å²) in [7, 11) is 1.35. The third-order valence-corrected chi connectivity index (χ3v) is 3.09. The van der Waals surface area contributed by atoms with Crippen molar-refractivity contribution in [1.82, 2.24) is 5.32 Å². The van der Waals surface area contributed by atoms with Crippen LogP contribution in [0.15, 0.2) is 12.2 Å². The van der Waals surface area contributed by atoms with E-state index >= 15 is 0 Å². The molecule has 1 amide bonds. The van der Waals surface area contributed by atoms with Crippen LogP contribution in [0, 0.1) is 5.41 Å². The van der Waals surface area contributed by atoms with Crippen molar-refractivity contribution in [1.29, 1.82) is 0 Å². The summed E-state index contributed by atoms with van der Waals surface area (Å²) in [6, 6.07) is -0.278. The van der Waals surface area contributed by atoms with Crippen molar-refractivity contribution in [3.63, 3.8) is 0 Å². The summed E-state index contributed by atoms with van der Waals surface area (Å²) in [6.45, 7) is 8.00. The number of hydrogen-bond acceptors (Lipinski definition) is 5. The lowest BCUT2D eigenvalue weighted by molar-refractivity contribution is -0.153. The molecule has 2 unspecified atom stereocenters. The van der Waals surface area contributed by atoms with Crippen LogP contribution in [0.25, 0.3) is 0 Å². The van der Waals surface area contributed by atoms with Crippen molar-refractivity contribution in [2.75, 3.05) is 20.3 Å². The molecular weight excluding hydrogens is 274 g/mol. The van der Waals surface area contributed by atoms with Crippen LogP contribution in [0.2, 0.25) is 0 Å². The molecule has 21 heavy (non-hydrogen) atoms. The molecule has 0 radical (unpaired) electrons. The van der Waals surface area contributed by atoms with Crippen LogP contribution in [-0.4, -0.2) is 44.0 Å². The van der Waals surface area contributed by atoms with Gasteiger partial charge in [0.05, 0.1) is 19.8 Å². The average Bonchev–Trinajstić information content (AvgIpc) is 2.77. The lowest BCUT2D eigenvalue weighted by Gasteiger charge is -2.26. The maximum Gasteiger partial charge on any atom is 0.408 e. The van der Waals surface area contributed by atoms with Gasteiger partial charge < -0.3 is 19.5 Å². The number of rotatable bonds is 5. The first-order valence-corrected chi connectivity index (χ1v) is 7.07. The number of carbonyl (C=O) groups excluding carboxylic acids is 2. The minimum Gasteiger partial charge on any atom is -0.468 e. The van der Waals surface area contributed by atoms with Crippen LogP contribution in [0.3, 0.4) is 0 Å². The van der Waals surface area contributed by atoms with E-state index in [0.29, 0.717) is 13.0 Å². The van der Waals surface area contributed by atoms with Gasteiger partial charge in [0, 0.05) is 6.61 Å². The quantitative estimate of drug-likeness (QED) is 0.621. The van der Waals surface area contributed by atoms with E-state index in [1.807, 2.05) is 6.92 Å². The zero-order valence-corrected chi connectivity index (χ0v) is 13.4.